The number of hydrogen-bond donors (Lipinski definition) is 5. The molecule has 1 aromatic rings. The molecule has 39 heavy (non-hydrogen) atoms. The van der Waals surface area contributed by atoms with Crippen LogP contribution in [0.1, 0.15) is 82.6 Å². The molecular formula is C30H36O9. The van der Waals surface area contributed by atoms with E-state index < -0.39 is 86.1 Å². The molecule has 0 bridgehead atoms. The van der Waals surface area contributed by atoms with Crippen molar-refractivity contribution in [2.45, 2.75) is 78.4 Å². The van der Waals surface area contributed by atoms with Crippen LogP contribution in [0.25, 0.3) is 0 Å². The Morgan fingerprint density at radius 3 is 2.23 bits per heavy atom. The number of fused-ring (bicyclic) bond motifs is 3. The van der Waals surface area contributed by atoms with E-state index in [-0.39, 0.29) is 24.2 Å². The Bertz CT molecular complexity index is 1370. The van der Waals surface area contributed by atoms with E-state index in [0.717, 1.165) is 6.92 Å². The summed E-state index contributed by atoms with van der Waals surface area (Å²) in [6.07, 6.45) is -1.16. The van der Waals surface area contributed by atoms with Crippen LogP contribution in [-0.4, -0.2) is 60.4 Å². The fourth-order valence-corrected chi connectivity index (χ4v) is 7.67. The van der Waals surface area contributed by atoms with E-state index in [1.165, 1.54) is 26.0 Å². The van der Waals surface area contributed by atoms with Gasteiger partial charge in [-0.15, -0.1) is 0 Å². The smallest absolute Gasteiger partial charge is 0.209 e. The maximum atomic E-state index is 14.0. The Kier molecular flexibility index (Phi) is 6.72. The molecule has 5 N–H and O–H groups in total. The molecule has 3 aliphatic carbocycles. The zero-order valence-electron chi connectivity index (χ0n) is 23.0. The lowest BCUT2D eigenvalue weighted by molar-refractivity contribution is -0.212. The molecule has 0 fully saturated rings. The molecule has 9 nitrogen and oxygen atoms in total. The monoisotopic (exact) mass is 540 g/mol. The highest BCUT2D eigenvalue weighted by Crippen LogP contribution is 2.68. The van der Waals surface area contributed by atoms with Crippen LogP contribution in [0, 0.1) is 22.7 Å². The molecular weight excluding hydrogens is 504 g/mol. The Balaban J connectivity index is 2.16. The Morgan fingerprint density at radius 1 is 1.08 bits per heavy atom. The number of phenolic OH excluding ortho intramolecular Hbond substituents is 1. The van der Waals surface area contributed by atoms with Crippen LogP contribution in [0.5, 0.6) is 5.75 Å². The summed E-state index contributed by atoms with van der Waals surface area (Å²) in [6, 6.07) is 4.36. The summed E-state index contributed by atoms with van der Waals surface area (Å²) < 4.78 is 0. The van der Waals surface area contributed by atoms with Crippen molar-refractivity contribution in [3.05, 3.63) is 52.0 Å². The number of Topliss-reactive ketones (excluding diaryl/α,β-unsaturated/α-hetero) is 4. The highest BCUT2D eigenvalue weighted by molar-refractivity contribution is 6.25. The van der Waals surface area contributed by atoms with Gasteiger partial charge in [-0.1, -0.05) is 46.8 Å². The van der Waals surface area contributed by atoms with Crippen molar-refractivity contribution in [1.82, 2.24) is 0 Å². The molecule has 0 aliphatic heterocycles. The second kappa shape index (κ2) is 9.13. The van der Waals surface area contributed by atoms with Crippen LogP contribution in [0.4, 0.5) is 0 Å². The number of carbonyl (C=O) groups is 4. The lowest BCUT2D eigenvalue weighted by Gasteiger charge is -2.63. The van der Waals surface area contributed by atoms with Crippen LogP contribution < -0.4 is 0 Å². The highest BCUT2D eigenvalue weighted by atomic mass is 16.4. The number of aromatic hydroxyl groups is 1. The van der Waals surface area contributed by atoms with Crippen molar-refractivity contribution in [1.29, 1.82) is 0 Å². The van der Waals surface area contributed by atoms with Crippen molar-refractivity contribution in [3.8, 4) is 5.75 Å². The van der Waals surface area contributed by atoms with E-state index in [4.69, 9.17) is 0 Å². The van der Waals surface area contributed by atoms with Crippen molar-refractivity contribution in [2.75, 3.05) is 0 Å². The van der Waals surface area contributed by atoms with Crippen molar-refractivity contribution in [3.63, 3.8) is 0 Å². The largest absolute Gasteiger partial charge is 0.511 e. The summed E-state index contributed by atoms with van der Waals surface area (Å²) >= 11 is 0. The molecule has 6 atom stereocenters. The van der Waals surface area contributed by atoms with Gasteiger partial charge < -0.3 is 25.5 Å². The number of aliphatic hydroxyl groups excluding tert-OH is 3. The Morgan fingerprint density at radius 2 is 1.69 bits per heavy atom. The second-order valence-corrected chi connectivity index (χ2v) is 11.9. The van der Waals surface area contributed by atoms with E-state index >= 15 is 0 Å². The molecule has 0 amide bonds. The molecule has 0 spiro atoms. The number of ketones is 4. The van der Waals surface area contributed by atoms with Gasteiger partial charge in [0.2, 0.25) is 5.78 Å². The van der Waals surface area contributed by atoms with Crippen molar-refractivity contribution >= 4 is 23.1 Å². The van der Waals surface area contributed by atoms with E-state index in [1.54, 1.807) is 19.9 Å². The van der Waals surface area contributed by atoms with E-state index in [2.05, 4.69) is 0 Å². The Hall–Kier alpha value is -3.30. The van der Waals surface area contributed by atoms with E-state index in [0.29, 0.717) is 12.0 Å². The summed E-state index contributed by atoms with van der Waals surface area (Å²) in [4.78, 5) is 53.3. The first-order valence-electron chi connectivity index (χ1n) is 13.3. The first-order valence-corrected chi connectivity index (χ1v) is 13.3. The van der Waals surface area contributed by atoms with Gasteiger partial charge in [-0.05, 0) is 30.9 Å². The summed E-state index contributed by atoms with van der Waals surface area (Å²) in [5.74, 6) is -8.01. The van der Waals surface area contributed by atoms with Crippen LogP contribution in [0.2, 0.25) is 0 Å². The van der Waals surface area contributed by atoms with Crippen molar-refractivity contribution < 1.29 is 44.7 Å². The minimum atomic E-state index is -2.96. The van der Waals surface area contributed by atoms with Crippen LogP contribution in [0.3, 0.4) is 0 Å². The molecule has 1 aromatic carbocycles. The maximum Gasteiger partial charge on any atom is 0.209 e. The summed E-state index contributed by atoms with van der Waals surface area (Å²) in [5.41, 5.74) is -7.82. The van der Waals surface area contributed by atoms with Gasteiger partial charge in [0.25, 0.3) is 0 Å². The predicted molar refractivity (Wildman–Crippen MR) is 140 cm³/mol. The number of aliphatic hydroxyl groups is 4. The zero-order valence-corrected chi connectivity index (χ0v) is 23.0. The summed E-state index contributed by atoms with van der Waals surface area (Å²) in [6.45, 7) is 9.06. The zero-order chi connectivity index (χ0) is 29.4. The van der Waals surface area contributed by atoms with E-state index in [9.17, 15) is 44.7 Å². The number of hydrogen-bond acceptors (Lipinski definition) is 9. The molecule has 0 saturated heterocycles. The van der Waals surface area contributed by atoms with Crippen molar-refractivity contribution in [2.24, 2.45) is 22.7 Å². The highest BCUT2D eigenvalue weighted by Gasteiger charge is 2.76. The molecule has 4 rings (SSSR count). The molecule has 9 heteroatoms. The number of carbonyl (C=O) groups excluding carboxylic acids is 4. The molecule has 0 aromatic heterocycles. The first-order chi connectivity index (χ1) is 18.0. The molecule has 3 aliphatic rings. The van der Waals surface area contributed by atoms with Gasteiger partial charge in [0.05, 0.1) is 17.2 Å². The standard InChI is InChI=1S/C30H36O9/c1-7-9-15(32)12-17-16-10-8-11-18(33)20(16)24(35)22-26(37)30(39)25(36)19(14(4)31)23(34)21(13(2)3)29(30,6)27(38)28(17,22)5/h8,10-11,13,17,21,27,33-34,37-39H,7,9,12H2,1-6H3/t17-,21?,27-,28+,29+,30+/m1/s1. The third-order valence-electron chi connectivity index (χ3n) is 9.39. The minimum Gasteiger partial charge on any atom is -0.511 e. The lowest BCUT2D eigenvalue weighted by atomic mass is 9.41. The van der Waals surface area contributed by atoms with Gasteiger partial charge in [-0.25, -0.2) is 0 Å². The molecule has 0 heterocycles. The number of allylic oxidation sites excluding steroid dienone is 1. The van der Waals surface area contributed by atoms with Gasteiger partial charge in [0, 0.05) is 35.5 Å². The normalized spacial score (nSPS) is 34.1. The van der Waals surface area contributed by atoms with Gasteiger partial charge in [0.1, 0.15) is 28.6 Å². The van der Waals surface area contributed by atoms with Gasteiger partial charge in [-0.3, -0.25) is 19.2 Å². The lowest BCUT2D eigenvalue weighted by Crippen LogP contribution is -2.73. The van der Waals surface area contributed by atoms with Gasteiger partial charge in [0.15, 0.2) is 17.2 Å². The number of benzene rings is 1. The molecule has 210 valence electrons. The predicted octanol–water partition coefficient (Wildman–Crippen LogP) is 3.62. The van der Waals surface area contributed by atoms with Gasteiger partial charge in [-0.2, -0.15) is 0 Å². The van der Waals surface area contributed by atoms with Crippen LogP contribution >= 0.6 is 0 Å². The average Bonchev–Trinajstić information content (AvgIpc) is 2.83. The van der Waals surface area contributed by atoms with E-state index in [1.807, 2.05) is 6.92 Å². The second-order valence-electron chi connectivity index (χ2n) is 11.9. The third kappa shape index (κ3) is 3.38. The first kappa shape index (κ1) is 28.7. The van der Waals surface area contributed by atoms with Crippen LogP contribution in [0.15, 0.2) is 40.9 Å². The fraction of sp³-hybridized carbons (Fsp3) is 0.533. The minimum absolute atomic E-state index is 0.156. The Labute approximate surface area is 226 Å². The number of phenols is 1. The average molecular weight is 541 g/mol. The summed E-state index contributed by atoms with van der Waals surface area (Å²) in [5, 5.41) is 58.2. The van der Waals surface area contributed by atoms with Gasteiger partial charge >= 0.3 is 0 Å². The SMILES string of the molecule is CCCC(=O)C[C@@H]1c2cccc(O)c2C(=O)C2=C(O)[C@@]3(O)C(=O)C(C(C)=O)=C(O)C(C(C)C)[C@@]3(C)[C@H](O)[C@]21C. The molecule has 0 radical (unpaired) electrons. The summed E-state index contributed by atoms with van der Waals surface area (Å²) in [7, 11) is 0. The van der Waals surface area contributed by atoms with Crippen LogP contribution in [-0.2, 0) is 14.4 Å². The third-order valence-corrected chi connectivity index (χ3v) is 9.39. The topological polar surface area (TPSA) is 169 Å². The maximum absolute atomic E-state index is 14.0. The quantitative estimate of drug-likeness (QED) is 0.338. The fourth-order valence-electron chi connectivity index (χ4n) is 7.67. The molecule has 0 saturated carbocycles. The number of rotatable bonds is 6. The molecule has 1 unspecified atom stereocenters.